The third-order valence-corrected chi connectivity index (χ3v) is 2.35. The summed E-state index contributed by atoms with van der Waals surface area (Å²) in [4.78, 5) is 0. The van der Waals surface area contributed by atoms with Crippen LogP contribution in [0.5, 0.6) is 0 Å². The second-order valence-corrected chi connectivity index (χ2v) is 3.39. The van der Waals surface area contributed by atoms with Crippen molar-refractivity contribution in [3.8, 4) is 0 Å². The van der Waals surface area contributed by atoms with Crippen molar-refractivity contribution in [1.82, 2.24) is 0 Å². The zero-order chi connectivity index (χ0) is 9.40. The summed E-state index contributed by atoms with van der Waals surface area (Å²) in [5, 5.41) is 0. The number of ether oxygens (including phenoxy) is 1. The first-order chi connectivity index (χ1) is 5.72. The maximum absolute atomic E-state index is 5.89. The fraction of sp³-hybridized carbons (Fsp3) is 1.00. The number of hydrogen-bond acceptors (Lipinski definition) is 2. The predicted octanol–water partition coefficient (Wildman–Crippen LogP) is 2.18. The van der Waals surface area contributed by atoms with E-state index in [0.717, 1.165) is 26.1 Å². The van der Waals surface area contributed by atoms with Gasteiger partial charge in [-0.3, -0.25) is 0 Å². The summed E-state index contributed by atoms with van der Waals surface area (Å²) < 4.78 is 5.26. The summed E-state index contributed by atoms with van der Waals surface area (Å²) in [7, 11) is 0. The lowest BCUT2D eigenvalue weighted by Crippen LogP contribution is -2.27. The van der Waals surface area contributed by atoms with Gasteiger partial charge in [0.05, 0.1) is 0 Å². The highest BCUT2D eigenvalue weighted by Gasteiger charge is 2.09. The average Bonchev–Trinajstić information content (AvgIpc) is 2.10. The molecule has 0 saturated carbocycles. The average molecular weight is 173 g/mol. The molecule has 0 fully saturated rings. The Balaban J connectivity index is 3.24. The predicted molar refractivity (Wildman–Crippen MR) is 53.2 cm³/mol. The number of hydrogen-bond donors (Lipinski definition) is 1. The Bertz CT molecular complexity index is 95.8. The third-order valence-electron chi connectivity index (χ3n) is 2.35. The van der Waals surface area contributed by atoms with Crippen molar-refractivity contribution in [2.75, 3.05) is 13.2 Å². The Morgan fingerprint density at radius 2 is 2.00 bits per heavy atom. The van der Waals surface area contributed by atoms with Crippen LogP contribution in [0.4, 0.5) is 0 Å². The molecular weight excluding hydrogens is 150 g/mol. The van der Waals surface area contributed by atoms with Crippen molar-refractivity contribution in [2.24, 2.45) is 11.7 Å². The van der Waals surface area contributed by atoms with Crippen molar-refractivity contribution < 1.29 is 4.74 Å². The highest BCUT2D eigenvalue weighted by Crippen LogP contribution is 2.11. The van der Waals surface area contributed by atoms with E-state index >= 15 is 0 Å². The molecule has 2 N–H and O–H groups in total. The SMILES string of the molecule is CCOCCCC(C)C(N)CC. The molecule has 0 aromatic heterocycles. The molecule has 0 aliphatic heterocycles. The molecule has 0 spiro atoms. The van der Waals surface area contributed by atoms with Crippen LogP contribution in [0.2, 0.25) is 0 Å². The molecule has 74 valence electrons. The van der Waals surface area contributed by atoms with Gasteiger partial charge in [-0.25, -0.2) is 0 Å². The first-order valence-electron chi connectivity index (χ1n) is 5.05. The number of rotatable bonds is 7. The van der Waals surface area contributed by atoms with E-state index in [0.29, 0.717) is 12.0 Å². The van der Waals surface area contributed by atoms with Crippen LogP contribution in [0.25, 0.3) is 0 Å². The summed E-state index contributed by atoms with van der Waals surface area (Å²) in [6.07, 6.45) is 3.41. The summed E-state index contributed by atoms with van der Waals surface area (Å²) in [5.41, 5.74) is 5.89. The third kappa shape index (κ3) is 5.56. The van der Waals surface area contributed by atoms with E-state index in [1.54, 1.807) is 0 Å². The number of nitrogens with two attached hydrogens (primary N) is 1. The Kier molecular flexibility index (Phi) is 7.51. The second-order valence-electron chi connectivity index (χ2n) is 3.39. The molecule has 0 aliphatic carbocycles. The molecule has 2 unspecified atom stereocenters. The maximum atomic E-state index is 5.89. The van der Waals surface area contributed by atoms with Crippen LogP contribution >= 0.6 is 0 Å². The van der Waals surface area contributed by atoms with Gasteiger partial charge >= 0.3 is 0 Å². The smallest absolute Gasteiger partial charge is 0.0466 e. The molecule has 0 aromatic rings. The van der Waals surface area contributed by atoms with E-state index < -0.39 is 0 Å². The van der Waals surface area contributed by atoms with E-state index in [4.69, 9.17) is 10.5 Å². The lowest BCUT2D eigenvalue weighted by molar-refractivity contribution is 0.138. The van der Waals surface area contributed by atoms with Crippen LogP contribution in [0.15, 0.2) is 0 Å². The van der Waals surface area contributed by atoms with Crippen molar-refractivity contribution in [3.63, 3.8) is 0 Å². The van der Waals surface area contributed by atoms with Crippen molar-refractivity contribution in [3.05, 3.63) is 0 Å². The Morgan fingerprint density at radius 1 is 1.33 bits per heavy atom. The largest absolute Gasteiger partial charge is 0.382 e. The fourth-order valence-electron chi connectivity index (χ4n) is 1.27. The molecule has 0 aliphatic rings. The first kappa shape index (κ1) is 11.9. The molecule has 0 amide bonds. The van der Waals surface area contributed by atoms with E-state index in [2.05, 4.69) is 13.8 Å². The fourth-order valence-corrected chi connectivity index (χ4v) is 1.27. The van der Waals surface area contributed by atoms with E-state index in [-0.39, 0.29) is 0 Å². The quantitative estimate of drug-likeness (QED) is 0.599. The van der Waals surface area contributed by atoms with Crippen molar-refractivity contribution in [2.45, 2.75) is 46.1 Å². The lowest BCUT2D eigenvalue weighted by Gasteiger charge is -2.17. The van der Waals surface area contributed by atoms with Crippen LogP contribution in [0.1, 0.15) is 40.0 Å². The van der Waals surface area contributed by atoms with Crippen molar-refractivity contribution >= 4 is 0 Å². The van der Waals surface area contributed by atoms with E-state index in [1.807, 2.05) is 6.92 Å². The molecular formula is C10H23NO. The van der Waals surface area contributed by atoms with Crippen LogP contribution in [-0.4, -0.2) is 19.3 Å². The van der Waals surface area contributed by atoms with Gasteiger partial charge in [0, 0.05) is 19.3 Å². The van der Waals surface area contributed by atoms with Gasteiger partial charge in [0.15, 0.2) is 0 Å². The van der Waals surface area contributed by atoms with Gasteiger partial charge in [-0.05, 0) is 32.1 Å². The summed E-state index contributed by atoms with van der Waals surface area (Å²) >= 11 is 0. The van der Waals surface area contributed by atoms with Gasteiger partial charge in [-0.15, -0.1) is 0 Å². The molecule has 2 atom stereocenters. The summed E-state index contributed by atoms with van der Waals surface area (Å²) in [6.45, 7) is 8.11. The highest BCUT2D eigenvalue weighted by atomic mass is 16.5. The van der Waals surface area contributed by atoms with E-state index in [1.165, 1.54) is 6.42 Å². The minimum Gasteiger partial charge on any atom is -0.382 e. The molecule has 0 rings (SSSR count). The Morgan fingerprint density at radius 3 is 2.50 bits per heavy atom. The zero-order valence-corrected chi connectivity index (χ0v) is 8.68. The monoisotopic (exact) mass is 173 g/mol. The van der Waals surface area contributed by atoms with Gasteiger partial charge in [0.25, 0.3) is 0 Å². The molecule has 0 radical (unpaired) electrons. The van der Waals surface area contributed by atoms with Crippen molar-refractivity contribution in [1.29, 1.82) is 0 Å². The van der Waals surface area contributed by atoms with Gasteiger partial charge in [-0.2, -0.15) is 0 Å². The summed E-state index contributed by atoms with van der Waals surface area (Å²) in [5.74, 6) is 0.635. The Hall–Kier alpha value is -0.0800. The minimum atomic E-state index is 0.367. The van der Waals surface area contributed by atoms with Gasteiger partial charge < -0.3 is 10.5 Å². The van der Waals surface area contributed by atoms with Crippen LogP contribution in [-0.2, 0) is 4.74 Å². The standard InChI is InChI=1S/C10H23NO/c1-4-10(11)9(3)7-6-8-12-5-2/h9-10H,4-8,11H2,1-3H3. The Labute approximate surface area is 76.5 Å². The normalized spacial score (nSPS) is 16.0. The molecule has 0 bridgehead atoms. The van der Waals surface area contributed by atoms with E-state index in [9.17, 15) is 0 Å². The maximum Gasteiger partial charge on any atom is 0.0466 e. The van der Waals surface area contributed by atoms with Gasteiger partial charge in [-0.1, -0.05) is 13.8 Å². The summed E-state index contributed by atoms with van der Waals surface area (Å²) in [6, 6.07) is 0.367. The molecule has 2 heteroatoms. The molecule has 2 nitrogen and oxygen atoms in total. The van der Waals surface area contributed by atoms with Crippen LogP contribution in [0.3, 0.4) is 0 Å². The second kappa shape index (κ2) is 7.56. The first-order valence-corrected chi connectivity index (χ1v) is 5.05. The van der Waals surface area contributed by atoms with Gasteiger partial charge in [0.2, 0.25) is 0 Å². The lowest BCUT2D eigenvalue weighted by atomic mass is 9.96. The minimum absolute atomic E-state index is 0.367. The van der Waals surface area contributed by atoms with Crippen LogP contribution in [0, 0.1) is 5.92 Å². The molecule has 0 heterocycles. The molecule has 12 heavy (non-hydrogen) atoms. The van der Waals surface area contributed by atoms with Crippen LogP contribution < -0.4 is 5.73 Å². The zero-order valence-electron chi connectivity index (χ0n) is 8.68. The molecule has 0 aromatic carbocycles. The molecule has 0 saturated heterocycles. The topological polar surface area (TPSA) is 35.2 Å². The highest BCUT2D eigenvalue weighted by molar-refractivity contribution is 4.66. The van der Waals surface area contributed by atoms with Gasteiger partial charge in [0.1, 0.15) is 0 Å².